The SMILES string of the molecule is CN1C(=O)N[C@@](NC(=O)c2cccnc2)(C(F)(F)F)C1=O. The molecule has 0 unspecified atom stereocenters. The molecule has 1 atom stereocenters. The van der Waals surface area contributed by atoms with Gasteiger partial charge in [-0.15, -0.1) is 0 Å². The number of carbonyl (C=O) groups excluding carboxylic acids is 3. The van der Waals surface area contributed by atoms with E-state index >= 15 is 0 Å². The van der Waals surface area contributed by atoms with Gasteiger partial charge >= 0.3 is 12.2 Å². The Balaban J connectivity index is 2.38. The van der Waals surface area contributed by atoms with E-state index in [-0.39, 0.29) is 10.5 Å². The van der Waals surface area contributed by atoms with Gasteiger partial charge in [-0.3, -0.25) is 24.8 Å². The average Bonchev–Trinajstić information content (AvgIpc) is 2.64. The van der Waals surface area contributed by atoms with Crippen LogP contribution in [-0.2, 0) is 4.79 Å². The van der Waals surface area contributed by atoms with Gasteiger partial charge in [0.05, 0.1) is 5.56 Å². The number of amides is 4. The lowest BCUT2D eigenvalue weighted by Gasteiger charge is -2.29. The van der Waals surface area contributed by atoms with E-state index in [2.05, 4.69) is 4.98 Å². The second-order valence-electron chi connectivity index (χ2n) is 4.24. The summed E-state index contributed by atoms with van der Waals surface area (Å²) in [4.78, 5) is 38.7. The van der Waals surface area contributed by atoms with Crippen LogP contribution in [0.15, 0.2) is 24.5 Å². The number of pyridine rings is 1. The van der Waals surface area contributed by atoms with E-state index in [1.807, 2.05) is 0 Å². The highest BCUT2D eigenvalue weighted by Crippen LogP contribution is 2.33. The second-order valence-corrected chi connectivity index (χ2v) is 4.24. The van der Waals surface area contributed by atoms with E-state index in [0.29, 0.717) is 0 Å². The normalized spacial score (nSPS) is 22.2. The smallest absolute Gasteiger partial charge is 0.314 e. The highest BCUT2D eigenvalue weighted by molar-refractivity contribution is 6.10. The molecule has 1 fully saturated rings. The Morgan fingerprint density at radius 2 is 2.10 bits per heavy atom. The Bertz CT molecular complexity index is 604. The zero-order chi connectivity index (χ0) is 15.8. The first-order valence-corrected chi connectivity index (χ1v) is 5.58. The molecular formula is C11H9F3N4O3. The largest absolute Gasteiger partial charge is 0.440 e. The van der Waals surface area contributed by atoms with E-state index in [0.717, 1.165) is 13.2 Å². The van der Waals surface area contributed by atoms with Crippen LogP contribution in [0.1, 0.15) is 10.4 Å². The lowest BCUT2D eigenvalue weighted by atomic mass is 10.1. The first-order valence-electron chi connectivity index (χ1n) is 5.58. The van der Waals surface area contributed by atoms with Gasteiger partial charge in [-0.05, 0) is 12.1 Å². The van der Waals surface area contributed by atoms with Crippen LogP contribution in [0.2, 0.25) is 0 Å². The fourth-order valence-corrected chi connectivity index (χ4v) is 1.73. The van der Waals surface area contributed by atoms with Crippen LogP contribution in [0, 0.1) is 0 Å². The molecule has 10 heteroatoms. The Labute approximate surface area is 116 Å². The summed E-state index contributed by atoms with van der Waals surface area (Å²) in [6.45, 7) is 0. The quantitative estimate of drug-likeness (QED) is 0.766. The standard InChI is InChI=1S/C11H9F3N4O3/c1-18-8(20)10(11(12,13)14,17-9(18)21)16-7(19)6-3-2-4-15-5-6/h2-5H,1H3,(H,16,19)(H,17,21)/t10-/m1/s1. The molecule has 21 heavy (non-hydrogen) atoms. The molecule has 1 aliphatic rings. The van der Waals surface area contributed by atoms with E-state index in [1.54, 1.807) is 0 Å². The van der Waals surface area contributed by atoms with Gasteiger partial charge in [0.15, 0.2) is 0 Å². The molecule has 7 nitrogen and oxygen atoms in total. The van der Waals surface area contributed by atoms with Crippen molar-refractivity contribution in [3.8, 4) is 0 Å². The number of hydrogen-bond acceptors (Lipinski definition) is 4. The van der Waals surface area contributed by atoms with Crippen LogP contribution >= 0.6 is 0 Å². The Morgan fingerprint density at radius 3 is 2.52 bits per heavy atom. The molecule has 0 bridgehead atoms. The molecule has 0 aliphatic carbocycles. The van der Waals surface area contributed by atoms with Gasteiger partial charge < -0.3 is 5.32 Å². The summed E-state index contributed by atoms with van der Waals surface area (Å²) in [5, 5.41) is 3.00. The summed E-state index contributed by atoms with van der Waals surface area (Å²) in [7, 11) is 0.876. The van der Waals surface area contributed by atoms with Gasteiger partial charge in [-0.1, -0.05) is 0 Å². The van der Waals surface area contributed by atoms with Crippen LogP contribution < -0.4 is 10.6 Å². The summed E-state index contributed by atoms with van der Waals surface area (Å²) in [5.74, 6) is -2.80. The number of nitrogens with zero attached hydrogens (tertiary/aromatic N) is 2. The minimum Gasteiger partial charge on any atom is -0.314 e. The minimum absolute atomic E-state index is 0.183. The summed E-state index contributed by atoms with van der Waals surface area (Å²) >= 11 is 0. The Morgan fingerprint density at radius 1 is 1.43 bits per heavy atom. The number of aromatic nitrogens is 1. The topological polar surface area (TPSA) is 91.4 Å². The van der Waals surface area contributed by atoms with E-state index in [9.17, 15) is 27.6 Å². The number of carbonyl (C=O) groups is 3. The fourth-order valence-electron chi connectivity index (χ4n) is 1.73. The number of alkyl halides is 3. The number of imide groups is 1. The first-order chi connectivity index (χ1) is 9.69. The van der Waals surface area contributed by atoms with Crippen LogP contribution in [0.4, 0.5) is 18.0 Å². The molecule has 1 aliphatic heterocycles. The lowest BCUT2D eigenvalue weighted by molar-refractivity contribution is -0.199. The zero-order valence-corrected chi connectivity index (χ0v) is 10.6. The van der Waals surface area contributed by atoms with Gasteiger partial charge in [-0.25, -0.2) is 4.79 Å². The molecule has 112 valence electrons. The van der Waals surface area contributed by atoms with Crippen molar-refractivity contribution in [3.63, 3.8) is 0 Å². The molecule has 4 amide bonds. The Kier molecular flexibility index (Phi) is 3.32. The highest BCUT2D eigenvalue weighted by atomic mass is 19.4. The van der Waals surface area contributed by atoms with Crippen molar-refractivity contribution in [2.75, 3.05) is 7.05 Å². The van der Waals surface area contributed by atoms with Crippen molar-refractivity contribution in [1.82, 2.24) is 20.5 Å². The molecule has 0 spiro atoms. The maximum atomic E-state index is 13.2. The third-order valence-corrected chi connectivity index (χ3v) is 2.87. The molecule has 0 saturated carbocycles. The van der Waals surface area contributed by atoms with Crippen LogP contribution in [0.25, 0.3) is 0 Å². The third-order valence-electron chi connectivity index (χ3n) is 2.87. The zero-order valence-electron chi connectivity index (χ0n) is 10.6. The molecule has 0 aromatic carbocycles. The molecule has 2 N–H and O–H groups in total. The molecule has 1 saturated heterocycles. The summed E-state index contributed by atoms with van der Waals surface area (Å²) in [6, 6.07) is 1.30. The molecule has 2 rings (SSSR count). The van der Waals surface area contributed by atoms with Gasteiger partial charge in [0.1, 0.15) is 0 Å². The van der Waals surface area contributed by atoms with Crippen LogP contribution in [-0.4, -0.2) is 46.6 Å². The average molecular weight is 302 g/mol. The van der Waals surface area contributed by atoms with Crippen molar-refractivity contribution >= 4 is 17.8 Å². The maximum Gasteiger partial charge on any atom is 0.440 e. The number of hydrogen-bond donors (Lipinski definition) is 2. The summed E-state index contributed by atoms with van der Waals surface area (Å²) in [5.41, 5.74) is -3.66. The predicted molar refractivity (Wildman–Crippen MR) is 61.8 cm³/mol. The van der Waals surface area contributed by atoms with Crippen molar-refractivity contribution in [2.24, 2.45) is 0 Å². The lowest BCUT2D eigenvalue weighted by Crippen LogP contribution is -2.69. The fraction of sp³-hybridized carbons (Fsp3) is 0.273. The first kappa shape index (κ1) is 14.8. The van der Waals surface area contributed by atoms with Crippen molar-refractivity contribution < 1.29 is 27.6 Å². The van der Waals surface area contributed by atoms with Crippen molar-refractivity contribution in [1.29, 1.82) is 0 Å². The van der Waals surface area contributed by atoms with Gasteiger partial charge in [0.2, 0.25) is 0 Å². The van der Waals surface area contributed by atoms with E-state index < -0.39 is 29.7 Å². The van der Waals surface area contributed by atoms with E-state index in [1.165, 1.54) is 29.0 Å². The van der Waals surface area contributed by atoms with Crippen LogP contribution in [0.5, 0.6) is 0 Å². The monoisotopic (exact) mass is 302 g/mol. The van der Waals surface area contributed by atoms with Gasteiger partial charge in [0.25, 0.3) is 17.5 Å². The molecule has 1 aromatic rings. The number of likely N-dealkylation sites (N-methyl/N-ethyl adjacent to an activating group) is 1. The second kappa shape index (κ2) is 4.72. The summed E-state index contributed by atoms with van der Waals surface area (Å²) < 4.78 is 39.6. The number of urea groups is 1. The maximum absolute atomic E-state index is 13.2. The molecule has 2 heterocycles. The van der Waals surface area contributed by atoms with Gasteiger partial charge in [-0.2, -0.15) is 13.2 Å². The van der Waals surface area contributed by atoms with Crippen LogP contribution in [0.3, 0.4) is 0 Å². The number of nitrogens with one attached hydrogen (secondary N) is 2. The molecular weight excluding hydrogens is 293 g/mol. The Hall–Kier alpha value is -2.65. The summed E-state index contributed by atoms with van der Waals surface area (Å²) in [6.07, 6.45) is -2.85. The van der Waals surface area contributed by atoms with E-state index in [4.69, 9.17) is 0 Å². The molecule has 1 aromatic heterocycles. The van der Waals surface area contributed by atoms with Crippen molar-refractivity contribution in [2.45, 2.75) is 11.8 Å². The minimum atomic E-state index is -5.21. The highest BCUT2D eigenvalue weighted by Gasteiger charge is 2.68. The number of halogens is 3. The molecule has 0 radical (unpaired) electrons. The third kappa shape index (κ3) is 2.28. The predicted octanol–water partition coefficient (Wildman–Crippen LogP) is 0.252. The number of rotatable bonds is 2. The van der Waals surface area contributed by atoms with Crippen molar-refractivity contribution in [3.05, 3.63) is 30.1 Å². The van der Waals surface area contributed by atoms with Gasteiger partial charge in [0, 0.05) is 19.4 Å².